The Kier molecular flexibility index (Phi) is 6.87. The Morgan fingerprint density at radius 1 is 1.40 bits per heavy atom. The number of hydrogen-bond donors (Lipinski definition) is 2. The minimum absolute atomic E-state index is 0.0421. The number of nitrogens with zero attached hydrogens (tertiary/aromatic N) is 1. The largest absolute Gasteiger partial charge is 0.490 e. The molecule has 1 aromatic rings. The van der Waals surface area contributed by atoms with Crippen LogP contribution in [0, 0.1) is 5.92 Å². The average Bonchev–Trinajstić information content (AvgIpc) is 2.38. The smallest absolute Gasteiger partial charge is 0.234 e. The highest BCUT2D eigenvalue weighted by Crippen LogP contribution is 2.19. The first-order valence-electron chi connectivity index (χ1n) is 6.91. The maximum atomic E-state index is 11.6. The third kappa shape index (κ3) is 6.43. The molecule has 112 valence electrons. The van der Waals surface area contributed by atoms with Crippen molar-refractivity contribution in [1.29, 1.82) is 0 Å². The van der Waals surface area contributed by atoms with Crippen molar-refractivity contribution in [2.45, 2.75) is 13.8 Å². The van der Waals surface area contributed by atoms with Crippen LogP contribution in [0.2, 0.25) is 0 Å². The zero-order valence-corrected chi connectivity index (χ0v) is 12.6. The highest BCUT2D eigenvalue weighted by Gasteiger charge is 2.07. The lowest BCUT2D eigenvalue weighted by molar-refractivity contribution is -0.122. The average molecular weight is 279 g/mol. The van der Waals surface area contributed by atoms with Crippen molar-refractivity contribution in [2.75, 3.05) is 39.0 Å². The molecule has 0 spiro atoms. The molecule has 0 saturated carbocycles. The summed E-state index contributed by atoms with van der Waals surface area (Å²) in [6.07, 6.45) is 0. The fourth-order valence-corrected chi connectivity index (χ4v) is 1.62. The van der Waals surface area contributed by atoms with Gasteiger partial charge in [0.25, 0.3) is 0 Å². The minimum atomic E-state index is 0.0421. The Bertz CT molecular complexity index is 421. The number of carbonyl (C=O) groups is 1. The molecule has 0 aromatic heterocycles. The molecular weight excluding hydrogens is 254 g/mol. The number of anilines is 1. The van der Waals surface area contributed by atoms with Crippen LogP contribution in [0.5, 0.6) is 5.75 Å². The fraction of sp³-hybridized carbons (Fsp3) is 0.533. The van der Waals surface area contributed by atoms with Gasteiger partial charge in [-0.15, -0.1) is 0 Å². The van der Waals surface area contributed by atoms with Crippen molar-refractivity contribution in [3.63, 3.8) is 0 Å². The van der Waals surface area contributed by atoms with Crippen molar-refractivity contribution in [3.05, 3.63) is 24.3 Å². The number of amides is 1. The van der Waals surface area contributed by atoms with Crippen LogP contribution in [0.25, 0.3) is 0 Å². The van der Waals surface area contributed by atoms with Crippen molar-refractivity contribution in [2.24, 2.45) is 5.92 Å². The van der Waals surface area contributed by atoms with Crippen molar-refractivity contribution < 1.29 is 9.53 Å². The first-order chi connectivity index (χ1) is 9.49. The van der Waals surface area contributed by atoms with E-state index in [4.69, 9.17) is 10.5 Å². The normalized spacial score (nSPS) is 10.8. The third-order valence-corrected chi connectivity index (χ3v) is 2.77. The summed E-state index contributed by atoms with van der Waals surface area (Å²) in [6.45, 7) is 6.40. The molecule has 0 aliphatic rings. The Labute approximate surface area is 121 Å². The second kappa shape index (κ2) is 8.43. The second-order valence-electron chi connectivity index (χ2n) is 5.32. The highest BCUT2D eigenvalue weighted by atomic mass is 16.5. The topological polar surface area (TPSA) is 67.6 Å². The molecule has 0 radical (unpaired) electrons. The number of likely N-dealkylation sites (N-methyl/N-ethyl adjacent to an activating group) is 1. The van der Waals surface area contributed by atoms with Gasteiger partial charge in [-0.25, -0.2) is 0 Å². The van der Waals surface area contributed by atoms with E-state index in [1.807, 2.05) is 30.1 Å². The van der Waals surface area contributed by atoms with E-state index in [0.717, 1.165) is 0 Å². The third-order valence-electron chi connectivity index (χ3n) is 2.77. The molecule has 1 amide bonds. The molecule has 3 N–H and O–H groups in total. The summed E-state index contributed by atoms with van der Waals surface area (Å²) in [4.78, 5) is 13.6. The first-order valence-corrected chi connectivity index (χ1v) is 6.91. The predicted molar refractivity (Wildman–Crippen MR) is 81.7 cm³/mol. The second-order valence-corrected chi connectivity index (χ2v) is 5.32. The van der Waals surface area contributed by atoms with Gasteiger partial charge in [-0.3, -0.25) is 9.69 Å². The molecule has 0 saturated heterocycles. The molecule has 5 heteroatoms. The lowest BCUT2D eigenvalue weighted by Gasteiger charge is -2.17. The summed E-state index contributed by atoms with van der Waals surface area (Å²) in [5, 5.41) is 2.89. The fourth-order valence-electron chi connectivity index (χ4n) is 1.62. The predicted octanol–water partition coefficient (Wildman–Crippen LogP) is 1.35. The highest BCUT2D eigenvalue weighted by molar-refractivity contribution is 5.77. The maximum Gasteiger partial charge on any atom is 0.234 e. The Morgan fingerprint density at radius 2 is 2.10 bits per heavy atom. The zero-order valence-electron chi connectivity index (χ0n) is 12.6. The van der Waals surface area contributed by atoms with Gasteiger partial charge >= 0.3 is 0 Å². The molecule has 1 aromatic carbocycles. The van der Waals surface area contributed by atoms with Crippen LogP contribution in [0.1, 0.15) is 13.8 Å². The summed E-state index contributed by atoms with van der Waals surface area (Å²) in [5.41, 5.74) is 6.41. The van der Waals surface area contributed by atoms with Crippen LogP contribution in [-0.2, 0) is 4.79 Å². The number of ether oxygens (including phenoxy) is 1. The van der Waals surface area contributed by atoms with Gasteiger partial charge in [0.15, 0.2) is 0 Å². The van der Waals surface area contributed by atoms with Gasteiger partial charge in [-0.05, 0) is 25.1 Å². The Morgan fingerprint density at radius 3 is 2.75 bits per heavy atom. The monoisotopic (exact) mass is 279 g/mol. The molecule has 0 atom stereocenters. The van der Waals surface area contributed by atoms with E-state index in [2.05, 4.69) is 19.2 Å². The number of carbonyl (C=O) groups excluding carboxylic acids is 1. The summed E-state index contributed by atoms with van der Waals surface area (Å²) >= 11 is 0. The van der Waals surface area contributed by atoms with Gasteiger partial charge in [0.1, 0.15) is 12.4 Å². The van der Waals surface area contributed by atoms with Gasteiger partial charge in [-0.1, -0.05) is 26.0 Å². The molecule has 0 aliphatic carbocycles. The number of para-hydroxylation sites is 2. The SMILES string of the molecule is CC(C)CNC(=O)CN(C)CCOc1ccccc1N. The van der Waals surface area contributed by atoms with Gasteiger partial charge in [-0.2, -0.15) is 0 Å². The molecule has 20 heavy (non-hydrogen) atoms. The van der Waals surface area contributed by atoms with E-state index in [1.165, 1.54) is 0 Å². The number of nitrogens with one attached hydrogen (secondary N) is 1. The molecule has 0 bridgehead atoms. The summed E-state index contributed by atoms with van der Waals surface area (Å²) in [6, 6.07) is 7.39. The number of rotatable bonds is 8. The van der Waals surface area contributed by atoms with Crippen LogP contribution in [-0.4, -0.2) is 44.1 Å². The molecule has 0 unspecified atom stereocenters. The Hall–Kier alpha value is -1.75. The first kappa shape index (κ1) is 16.3. The molecule has 5 nitrogen and oxygen atoms in total. The quantitative estimate of drug-likeness (QED) is 0.705. The number of nitrogens with two attached hydrogens (primary N) is 1. The van der Waals surface area contributed by atoms with Crippen molar-refractivity contribution in [1.82, 2.24) is 10.2 Å². The van der Waals surface area contributed by atoms with Gasteiger partial charge in [0.2, 0.25) is 5.91 Å². The lowest BCUT2D eigenvalue weighted by atomic mass is 10.2. The molecule has 0 aliphatic heterocycles. The van der Waals surface area contributed by atoms with Crippen LogP contribution in [0.4, 0.5) is 5.69 Å². The van der Waals surface area contributed by atoms with Crippen LogP contribution in [0.3, 0.4) is 0 Å². The molecule has 0 fully saturated rings. The van der Waals surface area contributed by atoms with E-state index >= 15 is 0 Å². The summed E-state index contributed by atoms with van der Waals surface area (Å²) in [5.74, 6) is 1.19. The van der Waals surface area contributed by atoms with Crippen LogP contribution in [0.15, 0.2) is 24.3 Å². The Balaban J connectivity index is 2.21. The lowest BCUT2D eigenvalue weighted by Crippen LogP contribution is -2.38. The van der Waals surface area contributed by atoms with E-state index in [0.29, 0.717) is 43.6 Å². The van der Waals surface area contributed by atoms with Gasteiger partial charge in [0, 0.05) is 13.1 Å². The minimum Gasteiger partial charge on any atom is -0.490 e. The van der Waals surface area contributed by atoms with Gasteiger partial charge < -0.3 is 15.8 Å². The van der Waals surface area contributed by atoms with Crippen molar-refractivity contribution in [3.8, 4) is 5.75 Å². The van der Waals surface area contributed by atoms with E-state index in [9.17, 15) is 4.79 Å². The molecular formula is C15H25N3O2. The zero-order chi connectivity index (χ0) is 15.0. The molecule has 0 heterocycles. The number of benzene rings is 1. The van der Waals surface area contributed by atoms with Gasteiger partial charge in [0.05, 0.1) is 12.2 Å². The van der Waals surface area contributed by atoms with E-state index in [1.54, 1.807) is 6.07 Å². The number of nitrogen functional groups attached to an aromatic ring is 1. The number of hydrogen-bond acceptors (Lipinski definition) is 4. The van der Waals surface area contributed by atoms with Crippen LogP contribution >= 0.6 is 0 Å². The maximum absolute atomic E-state index is 11.6. The standard InChI is InChI=1S/C15H25N3O2/c1-12(2)10-17-15(19)11-18(3)8-9-20-14-7-5-4-6-13(14)16/h4-7,12H,8-11,16H2,1-3H3,(H,17,19). The van der Waals surface area contributed by atoms with Crippen LogP contribution < -0.4 is 15.8 Å². The van der Waals surface area contributed by atoms with Crippen molar-refractivity contribution >= 4 is 11.6 Å². The van der Waals surface area contributed by atoms with E-state index < -0.39 is 0 Å². The molecule has 1 rings (SSSR count). The van der Waals surface area contributed by atoms with E-state index in [-0.39, 0.29) is 5.91 Å². The summed E-state index contributed by atoms with van der Waals surface area (Å²) in [7, 11) is 1.90. The summed E-state index contributed by atoms with van der Waals surface area (Å²) < 4.78 is 5.59.